The Balaban J connectivity index is 1.83. The smallest absolute Gasteiger partial charge is 0.348 e. The number of amides is 1. The lowest BCUT2D eigenvalue weighted by molar-refractivity contribution is -0.327. The van der Waals surface area contributed by atoms with Gasteiger partial charge in [-0.15, -0.1) is 0 Å². The molecule has 0 aromatic carbocycles. The number of allylic oxidation sites excluding steroid dienone is 3. The van der Waals surface area contributed by atoms with Gasteiger partial charge in [-0.1, -0.05) is 12.5 Å². The first-order valence-corrected chi connectivity index (χ1v) is 15.7. The number of hydrogen-bond acceptors (Lipinski definition) is 12. The molecule has 3 fully saturated rings. The Morgan fingerprint density at radius 1 is 1.13 bits per heavy atom. The third kappa shape index (κ3) is 5.53. The van der Waals surface area contributed by atoms with Crippen molar-refractivity contribution >= 4 is 29.8 Å². The van der Waals surface area contributed by atoms with Gasteiger partial charge in [-0.25, -0.2) is 9.59 Å². The molecule has 2 saturated carbocycles. The van der Waals surface area contributed by atoms with E-state index in [-0.39, 0.29) is 25.2 Å². The molecule has 1 saturated heterocycles. The van der Waals surface area contributed by atoms with Crippen molar-refractivity contribution in [2.75, 3.05) is 13.7 Å². The highest BCUT2D eigenvalue weighted by atomic mass is 16.6. The maximum atomic E-state index is 13.7. The zero-order valence-electron chi connectivity index (χ0n) is 27.7. The summed E-state index contributed by atoms with van der Waals surface area (Å²) in [5.74, 6) is -5.88. The molecule has 0 spiro atoms. The van der Waals surface area contributed by atoms with Crippen LogP contribution in [0.3, 0.4) is 0 Å². The molecule has 13 nitrogen and oxygen atoms in total. The van der Waals surface area contributed by atoms with Crippen LogP contribution in [0.2, 0.25) is 0 Å². The molecular weight excluding hydrogens is 602 g/mol. The molecule has 4 N–H and O–H groups in total. The fraction of sp³-hybridized carbons (Fsp3) is 0.727. The molecular formula is C33H47NO12. The third-order valence-electron chi connectivity index (χ3n) is 11.0. The SMILES string of the molecule is COC(=O)C1(C)[C@@H](O)[C@H](O)C2[C@@]3(CO)[C@@H](C[C@H]4C(C)=C(OC(=O)C[C@H](C)NC(C)=O)CC[C@]24C)OC(=O)[C@H](OC(=O)C=C(C)C)[C@@H]13. The van der Waals surface area contributed by atoms with E-state index < -0.39 is 94.9 Å². The van der Waals surface area contributed by atoms with Crippen LogP contribution in [0.5, 0.6) is 0 Å². The van der Waals surface area contributed by atoms with Crippen LogP contribution in [0.4, 0.5) is 0 Å². The van der Waals surface area contributed by atoms with Gasteiger partial charge >= 0.3 is 23.9 Å². The summed E-state index contributed by atoms with van der Waals surface area (Å²) >= 11 is 0. The van der Waals surface area contributed by atoms with Crippen LogP contribution in [0.1, 0.15) is 74.1 Å². The van der Waals surface area contributed by atoms with Crippen molar-refractivity contribution in [3.05, 3.63) is 23.0 Å². The summed E-state index contributed by atoms with van der Waals surface area (Å²) < 4.78 is 22.5. The van der Waals surface area contributed by atoms with E-state index in [0.717, 1.165) is 7.11 Å². The molecule has 1 amide bonds. The monoisotopic (exact) mass is 649 g/mol. The fourth-order valence-corrected chi connectivity index (χ4v) is 9.22. The second kappa shape index (κ2) is 12.7. The molecule has 4 rings (SSSR count). The van der Waals surface area contributed by atoms with Gasteiger partial charge in [-0.05, 0) is 64.4 Å². The number of methoxy groups -OCH3 is 1. The van der Waals surface area contributed by atoms with E-state index in [4.69, 9.17) is 18.9 Å². The van der Waals surface area contributed by atoms with Crippen molar-refractivity contribution in [1.82, 2.24) is 5.32 Å². The maximum absolute atomic E-state index is 13.7. The lowest BCUT2D eigenvalue weighted by Gasteiger charge is -2.71. The van der Waals surface area contributed by atoms with Crippen LogP contribution in [0.15, 0.2) is 23.0 Å². The Morgan fingerprint density at radius 2 is 1.78 bits per heavy atom. The molecule has 11 atom stereocenters. The van der Waals surface area contributed by atoms with Crippen LogP contribution >= 0.6 is 0 Å². The second-order valence-corrected chi connectivity index (χ2v) is 14.1. The summed E-state index contributed by atoms with van der Waals surface area (Å²) in [6, 6.07) is -0.444. The van der Waals surface area contributed by atoms with Crippen molar-refractivity contribution in [1.29, 1.82) is 0 Å². The van der Waals surface area contributed by atoms with Crippen LogP contribution < -0.4 is 5.32 Å². The molecule has 3 aliphatic carbocycles. The number of aliphatic hydroxyl groups excluding tert-OH is 3. The van der Waals surface area contributed by atoms with E-state index in [9.17, 15) is 39.3 Å². The number of carbonyl (C=O) groups excluding carboxylic acids is 5. The lowest BCUT2D eigenvalue weighted by Crippen LogP contribution is -2.80. The van der Waals surface area contributed by atoms with Crippen molar-refractivity contribution < 1.29 is 58.2 Å². The minimum atomic E-state index is -1.99. The van der Waals surface area contributed by atoms with Crippen molar-refractivity contribution in [2.24, 2.45) is 34.0 Å². The highest BCUT2D eigenvalue weighted by molar-refractivity contribution is 5.88. The molecule has 1 heterocycles. The number of fused-ring (bicyclic) bond motifs is 2. The summed E-state index contributed by atoms with van der Waals surface area (Å²) in [5.41, 5.74) is -3.12. The predicted molar refractivity (Wildman–Crippen MR) is 160 cm³/mol. The lowest BCUT2D eigenvalue weighted by atomic mass is 9.35. The van der Waals surface area contributed by atoms with Gasteiger partial charge in [-0.2, -0.15) is 0 Å². The zero-order chi connectivity index (χ0) is 34.5. The molecule has 46 heavy (non-hydrogen) atoms. The van der Waals surface area contributed by atoms with Gasteiger partial charge < -0.3 is 39.6 Å². The first-order chi connectivity index (χ1) is 21.4. The first-order valence-electron chi connectivity index (χ1n) is 15.7. The molecule has 256 valence electrons. The molecule has 0 aromatic heterocycles. The molecule has 0 aromatic rings. The summed E-state index contributed by atoms with van der Waals surface area (Å²) in [7, 11) is 1.11. The molecule has 0 radical (unpaired) electrons. The van der Waals surface area contributed by atoms with Gasteiger partial charge in [-0.3, -0.25) is 14.4 Å². The predicted octanol–water partition coefficient (Wildman–Crippen LogP) is 1.47. The Bertz CT molecular complexity index is 1350. The first kappa shape index (κ1) is 35.6. The largest absolute Gasteiger partial charge is 0.469 e. The van der Waals surface area contributed by atoms with Crippen LogP contribution in [-0.2, 0) is 42.9 Å². The van der Waals surface area contributed by atoms with E-state index >= 15 is 0 Å². The van der Waals surface area contributed by atoms with Crippen LogP contribution in [0.25, 0.3) is 0 Å². The summed E-state index contributed by atoms with van der Waals surface area (Å²) in [5, 5.41) is 37.7. The number of aliphatic hydroxyl groups is 3. The number of hydrogen-bond donors (Lipinski definition) is 4. The minimum absolute atomic E-state index is 0.0552. The minimum Gasteiger partial charge on any atom is -0.469 e. The average Bonchev–Trinajstić information content (AvgIpc) is 2.95. The maximum Gasteiger partial charge on any atom is 0.348 e. The third-order valence-corrected chi connectivity index (χ3v) is 11.0. The highest BCUT2D eigenvalue weighted by Gasteiger charge is 2.79. The Hall–Kier alpha value is -3.29. The Labute approximate surface area is 268 Å². The van der Waals surface area contributed by atoms with E-state index in [2.05, 4.69) is 5.32 Å². The number of esters is 4. The highest BCUT2D eigenvalue weighted by Crippen LogP contribution is 2.71. The van der Waals surface area contributed by atoms with E-state index in [1.807, 2.05) is 6.92 Å². The quantitative estimate of drug-likeness (QED) is 0.168. The van der Waals surface area contributed by atoms with E-state index in [1.165, 1.54) is 19.9 Å². The van der Waals surface area contributed by atoms with Crippen molar-refractivity contribution in [3.63, 3.8) is 0 Å². The van der Waals surface area contributed by atoms with E-state index in [0.29, 0.717) is 23.3 Å². The van der Waals surface area contributed by atoms with Gasteiger partial charge in [0.05, 0.1) is 32.3 Å². The molecule has 2 unspecified atom stereocenters. The number of ether oxygens (including phenoxy) is 4. The molecule has 1 aliphatic heterocycles. The molecule has 4 aliphatic rings. The normalized spacial score (nSPS) is 38.7. The summed E-state index contributed by atoms with van der Waals surface area (Å²) in [4.78, 5) is 64.3. The van der Waals surface area contributed by atoms with Crippen molar-refractivity contribution in [3.8, 4) is 0 Å². The van der Waals surface area contributed by atoms with Gasteiger partial charge in [0.15, 0.2) is 0 Å². The van der Waals surface area contributed by atoms with Crippen molar-refractivity contribution in [2.45, 2.75) is 105 Å². The topological polar surface area (TPSA) is 195 Å². The zero-order valence-corrected chi connectivity index (χ0v) is 27.7. The van der Waals surface area contributed by atoms with Crippen LogP contribution in [-0.4, -0.2) is 89.3 Å². The number of nitrogens with one attached hydrogen (secondary N) is 1. The standard InChI is InChI=1S/C33H47NO12/c1-15(2)11-22(37)46-25-27-32(7,30(42)43-8)28(40)24(39)26-31(6)10-9-20(44-23(38)12-16(3)34-18(5)36)17(4)19(31)13-21(45-29(25)41)33(26,27)14-35/h11,16,19,21,24-28,35,39-40H,9-10,12-14H2,1-8H3,(H,34,36)/t16-,19-,21+,24+,25+,26?,27-,28-,31-,32?,33+/m0/s1. The van der Waals surface area contributed by atoms with Crippen LogP contribution in [0, 0.1) is 34.0 Å². The van der Waals surface area contributed by atoms with Gasteiger partial charge in [0.1, 0.15) is 17.3 Å². The average molecular weight is 650 g/mol. The fourth-order valence-electron chi connectivity index (χ4n) is 9.22. The van der Waals surface area contributed by atoms with Gasteiger partial charge in [0, 0.05) is 42.7 Å². The molecule has 13 heteroatoms. The Morgan fingerprint density at radius 3 is 2.35 bits per heavy atom. The van der Waals surface area contributed by atoms with Gasteiger partial charge in [0.25, 0.3) is 0 Å². The Kier molecular flexibility index (Phi) is 9.84. The molecule has 0 bridgehead atoms. The summed E-state index contributed by atoms with van der Waals surface area (Å²) in [6.07, 6.45) is -4.26. The summed E-state index contributed by atoms with van der Waals surface area (Å²) in [6.45, 7) is 10.8. The number of rotatable bonds is 8. The second-order valence-electron chi connectivity index (χ2n) is 14.1. The van der Waals surface area contributed by atoms with Gasteiger partial charge in [0.2, 0.25) is 12.0 Å². The van der Waals surface area contributed by atoms with E-state index in [1.54, 1.807) is 27.7 Å². The number of carbonyl (C=O) groups is 5.